The SMILES string of the molecule is Cn1ccc(COC(=O)c2cc(N)cc(F)c2)n1. The first-order valence-electron chi connectivity index (χ1n) is 5.26. The van der Waals surface area contributed by atoms with Gasteiger partial charge in [0.05, 0.1) is 11.3 Å². The van der Waals surface area contributed by atoms with E-state index in [0.717, 1.165) is 12.1 Å². The van der Waals surface area contributed by atoms with Gasteiger partial charge in [0.25, 0.3) is 0 Å². The average Bonchev–Trinajstić information content (AvgIpc) is 2.70. The standard InChI is InChI=1S/C12H12FN3O2/c1-16-3-2-11(15-16)7-18-12(17)8-4-9(13)6-10(14)5-8/h2-6H,7,14H2,1H3. The van der Waals surface area contributed by atoms with Gasteiger partial charge in [-0.2, -0.15) is 5.10 Å². The molecule has 1 aromatic heterocycles. The number of nitrogens with zero attached hydrogens (tertiary/aromatic N) is 2. The van der Waals surface area contributed by atoms with Crippen LogP contribution in [0.4, 0.5) is 10.1 Å². The van der Waals surface area contributed by atoms with Crippen molar-refractivity contribution in [2.45, 2.75) is 6.61 Å². The highest BCUT2D eigenvalue weighted by atomic mass is 19.1. The number of hydrogen-bond acceptors (Lipinski definition) is 4. The molecule has 0 amide bonds. The molecule has 0 fully saturated rings. The van der Waals surface area contributed by atoms with Crippen molar-refractivity contribution in [3.05, 3.63) is 47.5 Å². The van der Waals surface area contributed by atoms with E-state index in [1.54, 1.807) is 24.0 Å². The third kappa shape index (κ3) is 2.85. The normalized spacial score (nSPS) is 10.3. The molecule has 0 aliphatic carbocycles. The number of hydrogen-bond donors (Lipinski definition) is 1. The Bertz CT molecular complexity index is 560. The van der Waals surface area contributed by atoms with Gasteiger partial charge in [0.1, 0.15) is 12.4 Å². The van der Waals surface area contributed by atoms with Crippen LogP contribution in [0.3, 0.4) is 0 Å². The van der Waals surface area contributed by atoms with Crippen LogP contribution in [0.15, 0.2) is 30.5 Å². The van der Waals surface area contributed by atoms with Crippen LogP contribution in [0.25, 0.3) is 0 Å². The average molecular weight is 249 g/mol. The van der Waals surface area contributed by atoms with Crippen molar-refractivity contribution in [1.82, 2.24) is 9.78 Å². The van der Waals surface area contributed by atoms with E-state index in [2.05, 4.69) is 5.10 Å². The van der Waals surface area contributed by atoms with E-state index in [1.807, 2.05) is 0 Å². The second-order valence-electron chi connectivity index (χ2n) is 3.83. The number of esters is 1. The summed E-state index contributed by atoms with van der Waals surface area (Å²) in [6.07, 6.45) is 1.74. The first-order chi connectivity index (χ1) is 8.54. The molecule has 94 valence electrons. The van der Waals surface area contributed by atoms with Gasteiger partial charge >= 0.3 is 5.97 Å². The molecule has 2 N–H and O–H groups in total. The Hall–Kier alpha value is -2.37. The van der Waals surface area contributed by atoms with Crippen molar-refractivity contribution in [2.75, 3.05) is 5.73 Å². The summed E-state index contributed by atoms with van der Waals surface area (Å²) < 4.78 is 19.7. The highest BCUT2D eigenvalue weighted by Gasteiger charge is 2.10. The van der Waals surface area contributed by atoms with E-state index < -0.39 is 11.8 Å². The maximum atomic E-state index is 13.1. The number of carbonyl (C=O) groups excluding carboxylic acids is 1. The summed E-state index contributed by atoms with van der Waals surface area (Å²) in [4.78, 5) is 11.7. The van der Waals surface area contributed by atoms with Crippen molar-refractivity contribution in [2.24, 2.45) is 7.05 Å². The van der Waals surface area contributed by atoms with E-state index in [9.17, 15) is 9.18 Å². The third-order valence-electron chi connectivity index (χ3n) is 2.28. The van der Waals surface area contributed by atoms with Crippen LogP contribution in [0.1, 0.15) is 16.1 Å². The van der Waals surface area contributed by atoms with Crippen LogP contribution in [-0.2, 0) is 18.4 Å². The molecule has 2 aromatic rings. The van der Waals surface area contributed by atoms with Crippen LogP contribution in [0, 0.1) is 5.82 Å². The number of aryl methyl sites for hydroxylation is 1. The van der Waals surface area contributed by atoms with Gasteiger partial charge in [-0.1, -0.05) is 0 Å². The molecular weight excluding hydrogens is 237 g/mol. The number of halogens is 1. The molecule has 0 atom stereocenters. The number of benzene rings is 1. The maximum absolute atomic E-state index is 13.1. The predicted octanol–water partition coefficient (Wildman–Crippen LogP) is 1.50. The molecule has 1 heterocycles. The fraction of sp³-hybridized carbons (Fsp3) is 0.167. The molecule has 0 radical (unpaired) electrons. The number of carbonyl (C=O) groups is 1. The predicted molar refractivity (Wildman–Crippen MR) is 63.1 cm³/mol. The minimum atomic E-state index is -0.633. The highest BCUT2D eigenvalue weighted by Crippen LogP contribution is 2.12. The van der Waals surface area contributed by atoms with Crippen LogP contribution in [0.5, 0.6) is 0 Å². The van der Waals surface area contributed by atoms with E-state index >= 15 is 0 Å². The number of ether oxygens (including phenoxy) is 1. The molecule has 0 spiro atoms. The quantitative estimate of drug-likeness (QED) is 0.661. The maximum Gasteiger partial charge on any atom is 0.338 e. The van der Waals surface area contributed by atoms with Crippen LogP contribution in [-0.4, -0.2) is 15.7 Å². The zero-order valence-corrected chi connectivity index (χ0v) is 9.76. The Balaban J connectivity index is 2.03. The second-order valence-corrected chi connectivity index (χ2v) is 3.83. The van der Waals surface area contributed by atoms with Gasteiger partial charge in [0.2, 0.25) is 0 Å². The second kappa shape index (κ2) is 4.87. The van der Waals surface area contributed by atoms with Gasteiger partial charge in [-0.15, -0.1) is 0 Å². The molecule has 0 aliphatic rings. The Kier molecular flexibility index (Phi) is 3.27. The van der Waals surface area contributed by atoms with Crippen molar-refractivity contribution >= 4 is 11.7 Å². The molecule has 1 aromatic carbocycles. The van der Waals surface area contributed by atoms with Crippen LogP contribution < -0.4 is 5.73 Å². The van der Waals surface area contributed by atoms with Gasteiger partial charge in [0, 0.05) is 18.9 Å². The van der Waals surface area contributed by atoms with Gasteiger partial charge in [0.15, 0.2) is 0 Å². The summed E-state index contributed by atoms with van der Waals surface area (Å²) in [5, 5.41) is 4.05. The van der Waals surface area contributed by atoms with Gasteiger partial charge < -0.3 is 10.5 Å². The minimum absolute atomic E-state index is 0.0378. The first-order valence-corrected chi connectivity index (χ1v) is 5.26. The number of nitrogen functional groups attached to an aromatic ring is 1. The Labute approximate surface area is 103 Å². The number of anilines is 1. The molecule has 0 bridgehead atoms. The lowest BCUT2D eigenvalue weighted by atomic mass is 10.2. The number of rotatable bonds is 3. The topological polar surface area (TPSA) is 70.1 Å². The van der Waals surface area contributed by atoms with Gasteiger partial charge in [-0.3, -0.25) is 4.68 Å². The smallest absolute Gasteiger partial charge is 0.338 e. The first kappa shape index (κ1) is 12.1. The molecule has 0 aliphatic heterocycles. The van der Waals surface area contributed by atoms with E-state index in [-0.39, 0.29) is 17.9 Å². The largest absolute Gasteiger partial charge is 0.456 e. The highest BCUT2D eigenvalue weighted by molar-refractivity contribution is 5.90. The lowest BCUT2D eigenvalue weighted by Gasteiger charge is -2.04. The van der Waals surface area contributed by atoms with E-state index in [4.69, 9.17) is 10.5 Å². The molecule has 2 rings (SSSR count). The Morgan fingerprint density at radius 1 is 1.50 bits per heavy atom. The monoisotopic (exact) mass is 249 g/mol. The fourth-order valence-electron chi connectivity index (χ4n) is 1.49. The zero-order chi connectivity index (χ0) is 13.1. The summed E-state index contributed by atoms with van der Waals surface area (Å²) in [6, 6.07) is 5.31. The van der Waals surface area contributed by atoms with E-state index in [0.29, 0.717) is 5.69 Å². The lowest BCUT2D eigenvalue weighted by molar-refractivity contribution is 0.0466. The van der Waals surface area contributed by atoms with Crippen molar-refractivity contribution < 1.29 is 13.9 Å². The number of aromatic nitrogens is 2. The Morgan fingerprint density at radius 2 is 2.28 bits per heavy atom. The van der Waals surface area contributed by atoms with Gasteiger partial charge in [-0.05, 0) is 24.3 Å². The van der Waals surface area contributed by atoms with Crippen molar-refractivity contribution in [1.29, 1.82) is 0 Å². The molecule has 0 saturated carbocycles. The molecule has 0 unspecified atom stereocenters. The minimum Gasteiger partial charge on any atom is -0.456 e. The zero-order valence-electron chi connectivity index (χ0n) is 9.76. The number of nitrogens with two attached hydrogens (primary N) is 1. The van der Waals surface area contributed by atoms with E-state index in [1.165, 1.54) is 6.07 Å². The molecule has 18 heavy (non-hydrogen) atoms. The van der Waals surface area contributed by atoms with Crippen molar-refractivity contribution in [3.63, 3.8) is 0 Å². The van der Waals surface area contributed by atoms with Gasteiger partial charge in [-0.25, -0.2) is 9.18 Å². The molecule has 5 nitrogen and oxygen atoms in total. The third-order valence-corrected chi connectivity index (χ3v) is 2.28. The summed E-state index contributed by atoms with van der Waals surface area (Å²) in [5.41, 5.74) is 6.33. The Morgan fingerprint density at radius 3 is 2.89 bits per heavy atom. The summed E-state index contributed by atoms with van der Waals surface area (Å²) >= 11 is 0. The summed E-state index contributed by atoms with van der Waals surface area (Å²) in [7, 11) is 1.76. The van der Waals surface area contributed by atoms with Crippen LogP contribution >= 0.6 is 0 Å². The fourth-order valence-corrected chi connectivity index (χ4v) is 1.49. The summed E-state index contributed by atoms with van der Waals surface area (Å²) in [6.45, 7) is 0.0378. The molecule has 6 heteroatoms. The molecular formula is C12H12FN3O2. The molecule has 0 saturated heterocycles. The summed E-state index contributed by atoms with van der Waals surface area (Å²) in [5.74, 6) is -1.20. The van der Waals surface area contributed by atoms with Crippen LogP contribution in [0.2, 0.25) is 0 Å². The lowest BCUT2D eigenvalue weighted by Crippen LogP contribution is -2.07. The van der Waals surface area contributed by atoms with Crippen molar-refractivity contribution in [3.8, 4) is 0 Å².